The molecule has 2 aromatic rings. The standard InChI is InChI=1S/C14H15Cl2FN4O/c1-2-14(22)4-3-5-21(7-14)12-8-6-18-11(15)9(17)10(8)19-13(16)20-12/h6,22H,2-5,7H2,1H3/t14-/m1/s1. The van der Waals surface area contributed by atoms with Gasteiger partial charge in [-0.15, -0.1) is 0 Å². The molecule has 0 amide bonds. The minimum atomic E-state index is -0.777. The third-order valence-corrected chi connectivity index (χ3v) is 4.54. The molecule has 118 valence electrons. The number of halogens is 3. The molecule has 1 aliphatic rings. The number of piperidine rings is 1. The van der Waals surface area contributed by atoms with E-state index in [1.54, 1.807) is 0 Å². The normalized spacial score (nSPS) is 22.3. The highest BCUT2D eigenvalue weighted by molar-refractivity contribution is 6.30. The van der Waals surface area contributed by atoms with Crippen LogP contribution in [-0.4, -0.2) is 38.7 Å². The number of fused-ring (bicyclic) bond motifs is 1. The quantitative estimate of drug-likeness (QED) is 0.669. The van der Waals surface area contributed by atoms with Gasteiger partial charge in [-0.25, -0.2) is 14.4 Å². The van der Waals surface area contributed by atoms with Gasteiger partial charge >= 0.3 is 0 Å². The Morgan fingerprint density at radius 2 is 2.18 bits per heavy atom. The lowest BCUT2D eigenvalue weighted by atomic mass is 9.90. The maximum atomic E-state index is 14.1. The highest BCUT2D eigenvalue weighted by Gasteiger charge is 2.33. The summed E-state index contributed by atoms with van der Waals surface area (Å²) in [6.07, 6.45) is 3.62. The summed E-state index contributed by atoms with van der Waals surface area (Å²) in [5.74, 6) is -0.239. The monoisotopic (exact) mass is 344 g/mol. The lowest BCUT2D eigenvalue weighted by Crippen LogP contribution is -2.48. The van der Waals surface area contributed by atoms with E-state index < -0.39 is 11.4 Å². The molecule has 5 nitrogen and oxygen atoms in total. The molecule has 22 heavy (non-hydrogen) atoms. The van der Waals surface area contributed by atoms with Crippen molar-refractivity contribution < 1.29 is 9.50 Å². The van der Waals surface area contributed by atoms with E-state index in [-0.39, 0.29) is 16.0 Å². The Morgan fingerprint density at radius 1 is 1.41 bits per heavy atom. The van der Waals surface area contributed by atoms with Gasteiger partial charge in [-0.05, 0) is 30.9 Å². The lowest BCUT2D eigenvalue weighted by molar-refractivity contribution is 0.0222. The van der Waals surface area contributed by atoms with E-state index in [1.807, 2.05) is 11.8 Å². The van der Waals surface area contributed by atoms with Crippen molar-refractivity contribution in [3.63, 3.8) is 0 Å². The topological polar surface area (TPSA) is 62.1 Å². The number of nitrogens with zero attached hydrogens (tertiary/aromatic N) is 4. The summed E-state index contributed by atoms with van der Waals surface area (Å²) < 4.78 is 14.1. The number of rotatable bonds is 2. The second-order valence-electron chi connectivity index (χ2n) is 5.54. The Labute approximate surface area is 137 Å². The number of aliphatic hydroxyl groups is 1. The van der Waals surface area contributed by atoms with Crippen LogP contribution in [0.2, 0.25) is 10.4 Å². The Balaban J connectivity index is 2.12. The van der Waals surface area contributed by atoms with Gasteiger partial charge in [0.15, 0.2) is 11.0 Å². The second-order valence-corrected chi connectivity index (χ2v) is 6.24. The summed E-state index contributed by atoms with van der Waals surface area (Å²) in [7, 11) is 0. The minimum absolute atomic E-state index is 0.0422. The SMILES string of the molecule is CC[C@@]1(O)CCCN(c2nc(Cl)nc3c(F)c(Cl)ncc23)C1. The molecular weight excluding hydrogens is 330 g/mol. The van der Waals surface area contributed by atoms with Crippen molar-refractivity contribution >= 4 is 39.9 Å². The summed E-state index contributed by atoms with van der Waals surface area (Å²) in [6.45, 7) is 3.06. The summed E-state index contributed by atoms with van der Waals surface area (Å²) in [5.41, 5.74) is -0.735. The van der Waals surface area contributed by atoms with Gasteiger partial charge in [0.2, 0.25) is 5.28 Å². The molecule has 0 unspecified atom stereocenters. The summed E-state index contributed by atoms with van der Waals surface area (Å²) in [4.78, 5) is 13.9. The third-order valence-electron chi connectivity index (χ3n) is 4.11. The molecule has 1 fully saturated rings. The van der Waals surface area contributed by atoms with Crippen molar-refractivity contribution in [2.75, 3.05) is 18.0 Å². The molecule has 8 heteroatoms. The zero-order chi connectivity index (χ0) is 15.9. The average Bonchev–Trinajstić information content (AvgIpc) is 2.51. The molecule has 1 atom stereocenters. The number of aromatic nitrogens is 3. The highest BCUT2D eigenvalue weighted by Crippen LogP contribution is 2.33. The van der Waals surface area contributed by atoms with Crippen LogP contribution in [0.4, 0.5) is 10.2 Å². The first kappa shape index (κ1) is 15.6. The zero-order valence-corrected chi connectivity index (χ0v) is 13.5. The summed E-state index contributed by atoms with van der Waals surface area (Å²) in [5, 5.41) is 10.6. The largest absolute Gasteiger partial charge is 0.388 e. The lowest BCUT2D eigenvalue weighted by Gasteiger charge is -2.39. The molecule has 0 bridgehead atoms. The van der Waals surface area contributed by atoms with Crippen molar-refractivity contribution in [1.29, 1.82) is 0 Å². The predicted octanol–water partition coefficient (Wildman–Crippen LogP) is 3.21. The number of hydrogen-bond donors (Lipinski definition) is 1. The third kappa shape index (κ3) is 2.71. The van der Waals surface area contributed by atoms with Gasteiger partial charge < -0.3 is 10.0 Å². The fraction of sp³-hybridized carbons (Fsp3) is 0.500. The van der Waals surface area contributed by atoms with Gasteiger partial charge in [0.25, 0.3) is 0 Å². The maximum Gasteiger partial charge on any atom is 0.225 e. The summed E-state index contributed by atoms with van der Waals surface area (Å²) >= 11 is 11.6. The van der Waals surface area contributed by atoms with Crippen molar-refractivity contribution in [3.8, 4) is 0 Å². The molecule has 2 aromatic heterocycles. The van der Waals surface area contributed by atoms with Crippen LogP contribution in [0, 0.1) is 5.82 Å². The first-order valence-corrected chi connectivity index (χ1v) is 7.84. The smallest absolute Gasteiger partial charge is 0.225 e. The van der Waals surface area contributed by atoms with Crippen LogP contribution in [0.25, 0.3) is 10.9 Å². The Hall–Kier alpha value is -1.24. The van der Waals surface area contributed by atoms with E-state index in [2.05, 4.69) is 15.0 Å². The minimum Gasteiger partial charge on any atom is -0.388 e. The highest BCUT2D eigenvalue weighted by atomic mass is 35.5. The zero-order valence-electron chi connectivity index (χ0n) is 12.0. The van der Waals surface area contributed by atoms with Crippen molar-refractivity contribution in [2.45, 2.75) is 31.8 Å². The van der Waals surface area contributed by atoms with Crippen LogP contribution < -0.4 is 4.90 Å². The molecular formula is C14H15Cl2FN4O. The number of anilines is 1. The van der Waals surface area contributed by atoms with Gasteiger partial charge in [0.1, 0.15) is 11.3 Å². The van der Waals surface area contributed by atoms with Crippen LogP contribution in [-0.2, 0) is 0 Å². The molecule has 1 aliphatic heterocycles. The van der Waals surface area contributed by atoms with E-state index in [0.29, 0.717) is 30.7 Å². The van der Waals surface area contributed by atoms with Gasteiger partial charge in [-0.2, -0.15) is 4.98 Å². The molecule has 3 heterocycles. The van der Waals surface area contributed by atoms with Crippen molar-refractivity contribution in [1.82, 2.24) is 15.0 Å². The molecule has 0 radical (unpaired) electrons. The molecule has 0 aromatic carbocycles. The Kier molecular flexibility index (Phi) is 4.09. The Morgan fingerprint density at radius 3 is 2.91 bits per heavy atom. The fourth-order valence-corrected chi connectivity index (χ4v) is 3.12. The fourth-order valence-electron chi connectivity index (χ4n) is 2.82. The second kappa shape index (κ2) is 5.76. The average molecular weight is 345 g/mol. The molecule has 3 rings (SSSR count). The maximum absolute atomic E-state index is 14.1. The van der Waals surface area contributed by atoms with Gasteiger partial charge in [-0.1, -0.05) is 18.5 Å². The molecule has 0 aliphatic carbocycles. The van der Waals surface area contributed by atoms with E-state index in [9.17, 15) is 9.50 Å². The molecule has 1 N–H and O–H groups in total. The number of hydrogen-bond acceptors (Lipinski definition) is 5. The Bertz CT molecular complexity index is 730. The number of β-amino-alcohol motifs (C(OH)–C–C–N with tert-alkyl or cyclic N) is 1. The predicted molar refractivity (Wildman–Crippen MR) is 84.0 cm³/mol. The van der Waals surface area contributed by atoms with E-state index in [1.165, 1.54) is 6.20 Å². The van der Waals surface area contributed by atoms with Crippen molar-refractivity contribution in [3.05, 3.63) is 22.5 Å². The van der Waals surface area contributed by atoms with Crippen LogP contribution in [0.15, 0.2) is 6.20 Å². The first-order chi connectivity index (χ1) is 10.4. The van der Waals surface area contributed by atoms with Crippen molar-refractivity contribution in [2.24, 2.45) is 0 Å². The van der Waals surface area contributed by atoms with Crippen LogP contribution in [0.5, 0.6) is 0 Å². The number of pyridine rings is 1. The van der Waals surface area contributed by atoms with Crippen LogP contribution in [0.1, 0.15) is 26.2 Å². The summed E-state index contributed by atoms with van der Waals surface area (Å²) in [6, 6.07) is 0. The van der Waals surface area contributed by atoms with E-state index in [4.69, 9.17) is 23.2 Å². The van der Waals surface area contributed by atoms with Gasteiger partial charge in [0.05, 0.1) is 11.0 Å². The van der Waals surface area contributed by atoms with Crippen LogP contribution in [0.3, 0.4) is 0 Å². The van der Waals surface area contributed by atoms with Gasteiger partial charge in [0, 0.05) is 19.3 Å². The van der Waals surface area contributed by atoms with E-state index in [0.717, 1.165) is 12.8 Å². The molecule has 0 spiro atoms. The van der Waals surface area contributed by atoms with Gasteiger partial charge in [-0.3, -0.25) is 0 Å². The molecule has 0 saturated carbocycles. The first-order valence-electron chi connectivity index (χ1n) is 7.08. The molecule has 1 saturated heterocycles. The van der Waals surface area contributed by atoms with Crippen LogP contribution >= 0.6 is 23.2 Å². The van der Waals surface area contributed by atoms with E-state index >= 15 is 0 Å².